The zero-order chi connectivity index (χ0) is 48.3. The molecule has 6 aromatic rings. The lowest BCUT2D eigenvalue weighted by molar-refractivity contribution is -0.133. The van der Waals surface area contributed by atoms with Crippen LogP contribution in [0, 0.1) is 17.1 Å². The summed E-state index contributed by atoms with van der Waals surface area (Å²) in [6.07, 6.45) is 15.9. The van der Waals surface area contributed by atoms with Gasteiger partial charge < -0.3 is 19.9 Å². The van der Waals surface area contributed by atoms with E-state index in [1.807, 2.05) is 47.8 Å². The van der Waals surface area contributed by atoms with Gasteiger partial charge in [0.2, 0.25) is 11.8 Å². The van der Waals surface area contributed by atoms with Crippen LogP contribution >= 0.6 is 0 Å². The smallest absolute Gasteiger partial charge is 0.249 e. The summed E-state index contributed by atoms with van der Waals surface area (Å²) in [6, 6.07) is 17.2. The zero-order valence-corrected chi connectivity index (χ0v) is 39.9. The fraction of sp³-hybridized carbons (Fsp3) is 0.420. The highest BCUT2D eigenvalue weighted by molar-refractivity contribution is 7.90. The number of hydrogen-bond acceptors (Lipinski definition) is 15. The Labute approximate surface area is 405 Å². The minimum Gasteiger partial charge on any atom is -0.495 e. The molecular weight excluding hydrogens is 914 g/mol. The highest BCUT2D eigenvalue weighted by Crippen LogP contribution is 2.39. The molecule has 2 amide bonds. The molecule has 2 bridgehead atoms. The molecule has 3 atom stereocenters. The molecule has 1 aliphatic carbocycles. The van der Waals surface area contributed by atoms with E-state index in [1.54, 1.807) is 28.9 Å². The molecule has 2 aromatic carbocycles. The lowest BCUT2D eigenvalue weighted by Gasteiger charge is -2.56. The van der Waals surface area contributed by atoms with Gasteiger partial charge in [-0.3, -0.25) is 29.4 Å². The Morgan fingerprint density at radius 1 is 0.886 bits per heavy atom. The van der Waals surface area contributed by atoms with E-state index in [9.17, 15) is 23.3 Å². The Bertz CT molecular complexity index is 3130. The molecule has 3 unspecified atom stereocenters. The summed E-state index contributed by atoms with van der Waals surface area (Å²) in [6.45, 7) is 5.12. The second-order valence-electron chi connectivity index (χ2n) is 19.2. The van der Waals surface area contributed by atoms with Gasteiger partial charge in [0.25, 0.3) is 0 Å². The number of ether oxygens (including phenoxy) is 1. The number of hydrogen-bond donors (Lipinski definition) is 2. The standard InChI is InChI=1S/C50H54FN13O5S/c1-69-44-21-43(39(51)20-41(44)56-40-12-14-47(65)58-50(40)66)60-17-15-59(16-18-60)35-8-10-36(11-9-35)63-27-34(25-54-63)42-30-64-49(33(22-52)24-55-64)48(57-42)31-7-13-46(53-23-31)61-28-37-19-38(29-61)62(37)26-32-5-3-4-6-45(32)70(2,67)68/h3-7,13,20-21,23-25,27,30,35-38,40,56H,8-12,14-19,26,28-29H2,1-2H3,(H,58,65,66)/t35-,36-,37?,38?,40?. The number of carbonyl (C=O) groups is 2. The number of piperidine rings is 2. The van der Waals surface area contributed by atoms with Crippen LogP contribution in [0.25, 0.3) is 28.0 Å². The molecule has 5 saturated heterocycles. The summed E-state index contributed by atoms with van der Waals surface area (Å²) in [5.41, 5.74) is 5.60. The van der Waals surface area contributed by atoms with Crippen LogP contribution in [0.1, 0.15) is 62.1 Å². The first-order valence-corrected chi connectivity index (χ1v) is 25.8. The molecular formula is C50H54FN13O5S. The lowest BCUT2D eigenvalue weighted by atomic mass is 9.86. The number of nitriles is 1. The van der Waals surface area contributed by atoms with Crippen molar-refractivity contribution in [2.24, 2.45) is 0 Å². The van der Waals surface area contributed by atoms with Crippen molar-refractivity contribution in [3.05, 3.63) is 96.5 Å². The number of halogens is 1. The van der Waals surface area contributed by atoms with Gasteiger partial charge >= 0.3 is 0 Å². The molecule has 6 aliphatic rings. The van der Waals surface area contributed by atoms with E-state index >= 15 is 4.39 Å². The van der Waals surface area contributed by atoms with Gasteiger partial charge in [0.15, 0.2) is 9.84 Å². The molecule has 0 radical (unpaired) electrons. The van der Waals surface area contributed by atoms with Crippen molar-refractivity contribution in [3.8, 4) is 34.3 Å². The van der Waals surface area contributed by atoms with Gasteiger partial charge in [-0.15, -0.1) is 0 Å². The van der Waals surface area contributed by atoms with Crippen molar-refractivity contribution >= 4 is 44.4 Å². The summed E-state index contributed by atoms with van der Waals surface area (Å²) in [5.74, 6) is 0.156. The Morgan fingerprint density at radius 2 is 1.66 bits per heavy atom. The van der Waals surface area contributed by atoms with Crippen molar-refractivity contribution in [1.82, 2.24) is 44.5 Å². The normalized spacial score (nSPS) is 23.2. The molecule has 1 saturated carbocycles. The first kappa shape index (κ1) is 45.5. The van der Waals surface area contributed by atoms with Crippen molar-refractivity contribution in [1.29, 1.82) is 5.26 Å². The predicted molar refractivity (Wildman–Crippen MR) is 259 cm³/mol. The highest BCUT2D eigenvalue weighted by atomic mass is 32.2. The molecule has 362 valence electrons. The molecule has 0 spiro atoms. The van der Waals surface area contributed by atoms with Gasteiger partial charge in [-0.2, -0.15) is 15.5 Å². The second kappa shape index (κ2) is 18.4. The van der Waals surface area contributed by atoms with E-state index < -0.39 is 27.6 Å². The van der Waals surface area contributed by atoms with E-state index in [1.165, 1.54) is 19.4 Å². The molecule has 18 nitrogen and oxygen atoms in total. The number of pyridine rings is 1. The molecule has 20 heteroatoms. The fourth-order valence-electron chi connectivity index (χ4n) is 11.2. The van der Waals surface area contributed by atoms with E-state index in [4.69, 9.17) is 19.8 Å². The van der Waals surface area contributed by atoms with Crippen LogP contribution in [0.5, 0.6) is 5.75 Å². The lowest BCUT2D eigenvalue weighted by Crippen LogP contribution is -2.68. The van der Waals surface area contributed by atoms with Crippen LogP contribution in [0.15, 0.2) is 84.4 Å². The zero-order valence-electron chi connectivity index (χ0n) is 39.0. The van der Waals surface area contributed by atoms with Gasteiger partial charge in [0.05, 0.1) is 59.4 Å². The number of nitrogens with zero attached hydrogens (tertiary/aromatic N) is 11. The average molecular weight is 968 g/mol. The van der Waals surface area contributed by atoms with Crippen molar-refractivity contribution in [2.75, 3.05) is 67.8 Å². The number of carbonyl (C=O) groups excluding carboxylic acids is 2. The van der Waals surface area contributed by atoms with Gasteiger partial charge in [-0.1, -0.05) is 18.2 Å². The number of piperazine rings is 2. The summed E-state index contributed by atoms with van der Waals surface area (Å²) in [5, 5.41) is 24.8. The number of anilines is 3. The minimum absolute atomic E-state index is 0.216. The number of nitrogens with one attached hydrogen (secondary N) is 2. The minimum atomic E-state index is -3.33. The quantitative estimate of drug-likeness (QED) is 0.154. The average Bonchev–Trinajstić information content (AvgIpc) is 4.05. The summed E-state index contributed by atoms with van der Waals surface area (Å²) in [7, 11) is -1.81. The second-order valence-corrected chi connectivity index (χ2v) is 21.2. The van der Waals surface area contributed by atoms with E-state index in [0.29, 0.717) is 88.7 Å². The number of methoxy groups -OCH3 is 1. The number of amides is 2. The van der Waals surface area contributed by atoms with E-state index in [2.05, 4.69) is 47.4 Å². The fourth-order valence-corrected chi connectivity index (χ4v) is 12.2. The summed E-state index contributed by atoms with van der Waals surface area (Å²) >= 11 is 0. The van der Waals surface area contributed by atoms with Crippen LogP contribution in [0.3, 0.4) is 0 Å². The number of aromatic nitrogens is 6. The molecule has 2 N–H and O–H groups in total. The van der Waals surface area contributed by atoms with Gasteiger partial charge in [-0.05, 0) is 62.3 Å². The molecule has 6 fully saturated rings. The van der Waals surface area contributed by atoms with Crippen molar-refractivity contribution in [3.63, 3.8) is 0 Å². The van der Waals surface area contributed by atoms with Gasteiger partial charge in [-0.25, -0.2) is 27.3 Å². The van der Waals surface area contributed by atoms with E-state index in [-0.39, 0.29) is 18.4 Å². The first-order chi connectivity index (χ1) is 33.9. The third kappa shape index (κ3) is 8.70. The third-order valence-corrected chi connectivity index (χ3v) is 16.2. The van der Waals surface area contributed by atoms with E-state index in [0.717, 1.165) is 80.8 Å². The van der Waals surface area contributed by atoms with Crippen molar-refractivity contribution < 1.29 is 27.1 Å². The number of sulfone groups is 1. The van der Waals surface area contributed by atoms with Crippen LogP contribution in [-0.2, 0) is 26.0 Å². The molecule has 9 heterocycles. The van der Waals surface area contributed by atoms with Crippen LogP contribution in [-0.4, -0.2) is 136 Å². The Hall–Kier alpha value is -6.95. The number of benzene rings is 2. The largest absolute Gasteiger partial charge is 0.495 e. The maximum atomic E-state index is 15.6. The highest BCUT2D eigenvalue weighted by Gasteiger charge is 2.45. The van der Waals surface area contributed by atoms with Gasteiger partial charge in [0.1, 0.15) is 40.6 Å². The molecule has 12 rings (SSSR count). The summed E-state index contributed by atoms with van der Waals surface area (Å²) in [4.78, 5) is 43.6. The first-order valence-electron chi connectivity index (χ1n) is 24.0. The van der Waals surface area contributed by atoms with Crippen LogP contribution < -0.4 is 25.2 Å². The number of imide groups is 1. The van der Waals surface area contributed by atoms with Gasteiger partial charge in [0, 0.05) is 112 Å². The Morgan fingerprint density at radius 3 is 2.37 bits per heavy atom. The maximum absolute atomic E-state index is 15.6. The van der Waals surface area contributed by atoms with Crippen LogP contribution in [0.2, 0.25) is 0 Å². The van der Waals surface area contributed by atoms with Crippen LogP contribution in [0.4, 0.5) is 21.6 Å². The predicted octanol–water partition coefficient (Wildman–Crippen LogP) is 5.06. The number of fused-ring (bicyclic) bond motifs is 3. The number of rotatable bonds is 12. The monoisotopic (exact) mass is 967 g/mol. The third-order valence-electron chi connectivity index (χ3n) is 15.0. The topological polar surface area (TPSA) is 199 Å². The summed E-state index contributed by atoms with van der Waals surface area (Å²) < 4.78 is 49.9. The Balaban J connectivity index is 0.719. The maximum Gasteiger partial charge on any atom is 0.249 e. The molecule has 4 aromatic heterocycles. The Kier molecular flexibility index (Phi) is 12.0. The SMILES string of the molecule is COc1cc(N2CCN([C@H]3CC[C@H](n4cc(-c5cn6ncc(C#N)c6c(-c6ccc(N7CC8CC(C7)N8Cc7ccccc7S(C)(=O)=O)nc6)n5)cn4)CC3)CC2)c(F)cc1NC1CCC(=O)NC1=O. The van der Waals surface area contributed by atoms with Crippen molar-refractivity contribution in [2.45, 2.75) is 86.6 Å². The molecule has 70 heavy (non-hydrogen) atoms. The molecule has 5 aliphatic heterocycles.